The average Bonchev–Trinajstić information content (AvgIpc) is 2.85. The number of para-hydroxylation sites is 2. The first-order chi connectivity index (χ1) is 10.2. The van der Waals surface area contributed by atoms with Gasteiger partial charge in [-0.2, -0.15) is 0 Å². The van der Waals surface area contributed by atoms with Crippen molar-refractivity contribution in [3.05, 3.63) is 65.2 Å². The van der Waals surface area contributed by atoms with Crippen molar-refractivity contribution in [3.8, 4) is 0 Å². The van der Waals surface area contributed by atoms with E-state index in [0.29, 0.717) is 12.2 Å². The number of halogens is 1. The third-order valence-electron chi connectivity index (χ3n) is 3.77. The first-order valence-electron chi connectivity index (χ1n) is 7.19. The van der Waals surface area contributed by atoms with Crippen LogP contribution in [0.1, 0.15) is 23.8 Å². The maximum absolute atomic E-state index is 13.9. The summed E-state index contributed by atoms with van der Waals surface area (Å²) in [5.41, 5.74) is 3.46. The molecule has 0 aliphatic rings. The third-order valence-corrected chi connectivity index (χ3v) is 3.77. The second kappa shape index (κ2) is 5.60. The molecule has 0 aliphatic heterocycles. The van der Waals surface area contributed by atoms with Gasteiger partial charge in [-0.05, 0) is 24.6 Å². The maximum atomic E-state index is 13.9. The molecule has 0 radical (unpaired) electrons. The monoisotopic (exact) mass is 283 g/mol. The number of fused-ring (bicyclic) bond motifs is 1. The van der Waals surface area contributed by atoms with E-state index in [1.54, 1.807) is 6.07 Å². The lowest BCUT2D eigenvalue weighted by Crippen LogP contribution is -2.04. The quantitative estimate of drug-likeness (QED) is 0.724. The van der Waals surface area contributed by atoms with Crippen LogP contribution in [0.3, 0.4) is 0 Å². The summed E-state index contributed by atoms with van der Waals surface area (Å²) in [7, 11) is 0. The van der Waals surface area contributed by atoms with Crippen LogP contribution in [0.5, 0.6) is 0 Å². The molecule has 0 fully saturated rings. The van der Waals surface area contributed by atoms with Crippen molar-refractivity contribution in [1.82, 2.24) is 0 Å². The zero-order valence-electron chi connectivity index (χ0n) is 12.2. The minimum absolute atomic E-state index is 0.221. The van der Waals surface area contributed by atoms with Crippen LogP contribution in [-0.4, -0.2) is 0 Å². The molecule has 0 atom stereocenters. The van der Waals surface area contributed by atoms with E-state index < -0.39 is 0 Å². The highest BCUT2D eigenvalue weighted by Gasteiger charge is 2.13. The van der Waals surface area contributed by atoms with Crippen LogP contribution >= 0.6 is 0 Å². The van der Waals surface area contributed by atoms with Crippen LogP contribution in [0.2, 0.25) is 0 Å². The molecule has 2 nitrogen and oxygen atoms in total. The van der Waals surface area contributed by atoms with Gasteiger partial charge in [0.15, 0.2) is 0 Å². The van der Waals surface area contributed by atoms with E-state index in [1.165, 1.54) is 6.07 Å². The van der Waals surface area contributed by atoms with E-state index in [4.69, 9.17) is 4.42 Å². The first-order valence-corrected chi connectivity index (χ1v) is 7.19. The average molecular weight is 283 g/mol. The fourth-order valence-corrected chi connectivity index (χ4v) is 2.66. The van der Waals surface area contributed by atoms with E-state index in [9.17, 15) is 4.39 Å². The summed E-state index contributed by atoms with van der Waals surface area (Å²) in [6, 6.07) is 13.1. The Morgan fingerprint density at radius 2 is 1.90 bits per heavy atom. The van der Waals surface area contributed by atoms with Crippen LogP contribution in [0.25, 0.3) is 11.0 Å². The summed E-state index contributed by atoms with van der Waals surface area (Å²) in [4.78, 5) is 0. The summed E-state index contributed by atoms with van der Waals surface area (Å²) in [5, 5.41) is 4.31. The minimum atomic E-state index is -0.221. The van der Waals surface area contributed by atoms with E-state index in [0.717, 1.165) is 34.3 Å². The Balaban J connectivity index is 1.95. The van der Waals surface area contributed by atoms with Crippen LogP contribution in [0, 0.1) is 12.7 Å². The van der Waals surface area contributed by atoms with E-state index in [-0.39, 0.29) is 5.82 Å². The highest BCUT2D eigenvalue weighted by Crippen LogP contribution is 2.28. The zero-order valence-corrected chi connectivity index (χ0v) is 12.2. The Labute approximate surface area is 123 Å². The van der Waals surface area contributed by atoms with Crippen molar-refractivity contribution in [3.63, 3.8) is 0 Å². The van der Waals surface area contributed by atoms with E-state index in [1.807, 2.05) is 37.3 Å². The molecule has 3 heteroatoms. The molecule has 0 spiro atoms. The fourth-order valence-electron chi connectivity index (χ4n) is 2.66. The van der Waals surface area contributed by atoms with Gasteiger partial charge in [0.25, 0.3) is 0 Å². The lowest BCUT2D eigenvalue weighted by Gasteiger charge is -2.10. The Bertz CT molecular complexity index is 756. The number of hydrogen-bond donors (Lipinski definition) is 1. The predicted octanol–water partition coefficient (Wildman–Crippen LogP) is 5.05. The van der Waals surface area contributed by atoms with Gasteiger partial charge in [0.2, 0.25) is 0 Å². The van der Waals surface area contributed by atoms with Crippen molar-refractivity contribution in [2.45, 2.75) is 26.8 Å². The number of nitrogens with one attached hydrogen (secondary N) is 1. The number of aryl methyl sites for hydroxylation is 2. The molecule has 21 heavy (non-hydrogen) atoms. The van der Waals surface area contributed by atoms with Gasteiger partial charge in [0.1, 0.15) is 17.2 Å². The predicted molar refractivity (Wildman–Crippen MR) is 84.1 cm³/mol. The largest absolute Gasteiger partial charge is 0.461 e. The Hall–Kier alpha value is -2.29. The van der Waals surface area contributed by atoms with E-state index in [2.05, 4.69) is 12.2 Å². The molecule has 1 heterocycles. The number of benzene rings is 2. The lowest BCUT2D eigenvalue weighted by atomic mass is 10.1. The van der Waals surface area contributed by atoms with Crippen molar-refractivity contribution >= 4 is 16.7 Å². The fraction of sp³-hybridized carbons (Fsp3) is 0.222. The summed E-state index contributed by atoms with van der Waals surface area (Å²) in [6.45, 7) is 4.52. The number of hydrogen-bond acceptors (Lipinski definition) is 2. The molecular formula is C18H18FNO. The van der Waals surface area contributed by atoms with Gasteiger partial charge < -0.3 is 9.73 Å². The van der Waals surface area contributed by atoms with Crippen LogP contribution < -0.4 is 5.32 Å². The van der Waals surface area contributed by atoms with Gasteiger partial charge in [0.05, 0.1) is 5.69 Å². The standard InChI is InChI=1S/C18H18FNO/c1-3-16-14(13-8-4-5-10-17(13)21-16)11-20-18-12(2)7-6-9-15(18)19/h4-10,20H,3,11H2,1-2H3. The topological polar surface area (TPSA) is 25.2 Å². The van der Waals surface area contributed by atoms with Gasteiger partial charge in [-0.25, -0.2) is 4.39 Å². The molecule has 0 amide bonds. The molecule has 0 saturated heterocycles. The molecule has 2 aromatic carbocycles. The first kappa shape index (κ1) is 13.7. The molecule has 108 valence electrons. The smallest absolute Gasteiger partial charge is 0.146 e. The Morgan fingerprint density at radius 3 is 2.67 bits per heavy atom. The van der Waals surface area contributed by atoms with Crippen molar-refractivity contribution in [1.29, 1.82) is 0 Å². The van der Waals surface area contributed by atoms with Gasteiger partial charge >= 0.3 is 0 Å². The van der Waals surface area contributed by atoms with Gasteiger partial charge in [0, 0.05) is 23.9 Å². The van der Waals surface area contributed by atoms with Gasteiger partial charge in [-0.3, -0.25) is 0 Å². The summed E-state index contributed by atoms with van der Waals surface area (Å²) < 4.78 is 19.8. The van der Waals surface area contributed by atoms with Crippen molar-refractivity contribution < 1.29 is 8.81 Å². The zero-order chi connectivity index (χ0) is 14.8. The SMILES string of the molecule is CCc1oc2ccccc2c1CNc1c(C)cccc1F. The molecule has 0 aliphatic carbocycles. The van der Waals surface area contributed by atoms with Crippen molar-refractivity contribution in [2.24, 2.45) is 0 Å². The highest BCUT2D eigenvalue weighted by atomic mass is 19.1. The summed E-state index contributed by atoms with van der Waals surface area (Å²) >= 11 is 0. The van der Waals surface area contributed by atoms with Crippen LogP contribution in [0.4, 0.5) is 10.1 Å². The summed E-state index contributed by atoms with van der Waals surface area (Å²) in [5.74, 6) is 0.735. The molecule has 1 N–H and O–H groups in total. The maximum Gasteiger partial charge on any atom is 0.146 e. The number of anilines is 1. The number of rotatable bonds is 4. The Morgan fingerprint density at radius 1 is 1.10 bits per heavy atom. The molecule has 3 aromatic rings. The normalized spacial score (nSPS) is 11.0. The minimum Gasteiger partial charge on any atom is -0.461 e. The molecule has 1 aromatic heterocycles. The second-order valence-electron chi connectivity index (χ2n) is 5.14. The van der Waals surface area contributed by atoms with Crippen LogP contribution in [0.15, 0.2) is 46.9 Å². The lowest BCUT2D eigenvalue weighted by molar-refractivity contribution is 0.551. The van der Waals surface area contributed by atoms with E-state index >= 15 is 0 Å². The second-order valence-corrected chi connectivity index (χ2v) is 5.14. The molecule has 0 saturated carbocycles. The van der Waals surface area contributed by atoms with Gasteiger partial charge in [-0.1, -0.05) is 37.3 Å². The Kier molecular flexibility index (Phi) is 3.65. The molecule has 3 rings (SSSR count). The van der Waals surface area contributed by atoms with Crippen LogP contribution in [-0.2, 0) is 13.0 Å². The number of furan rings is 1. The summed E-state index contributed by atoms with van der Waals surface area (Å²) in [6.07, 6.45) is 0.821. The highest BCUT2D eigenvalue weighted by molar-refractivity contribution is 5.82. The molecule has 0 bridgehead atoms. The van der Waals surface area contributed by atoms with Gasteiger partial charge in [-0.15, -0.1) is 0 Å². The van der Waals surface area contributed by atoms with Crippen molar-refractivity contribution in [2.75, 3.05) is 5.32 Å². The third kappa shape index (κ3) is 2.51. The molecule has 0 unspecified atom stereocenters. The molecular weight excluding hydrogens is 265 g/mol.